The van der Waals surface area contributed by atoms with E-state index in [4.69, 9.17) is 11.6 Å². The first-order valence-corrected chi connectivity index (χ1v) is 7.97. The Morgan fingerprint density at radius 1 is 1.29 bits per heavy atom. The Hall–Kier alpha value is -1.52. The molecule has 1 unspecified atom stereocenters. The zero-order chi connectivity index (χ0) is 15.4. The molecular weight excluding hydrogens is 304 g/mol. The fraction of sp³-hybridized carbons (Fsp3) is 0.312. The Balaban J connectivity index is 1.92. The van der Waals surface area contributed by atoms with E-state index in [2.05, 4.69) is 17.4 Å². The molecule has 0 aliphatic heterocycles. The second-order valence-corrected chi connectivity index (χ2v) is 6.94. The molecule has 1 aromatic heterocycles. The number of hydrogen-bond acceptors (Lipinski definition) is 2. The molecule has 2 rings (SSSR count). The lowest BCUT2D eigenvalue weighted by Gasteiger charge is -2.21. The quantitative estimate of drug-likeness (QED) is 0.875. The molecule has 3 nitrogen and oxygen atoms in total. The minimum absolute atomic E-state index is 0.0209. The van der Waals surface area contributed by atoms with E-state index in [1.165, 1.54) is 16.9 Å². The van der Waals surface area contributed by atoms with Crippen molar-refractivity contribution in [2.45, 2.75) is 26.4 Å². The lowest BCUT2D eigenvalue weighted by Crippen LogP contribution is -2.38. The highest BCUT2D eigenvalue weighted by molar-refractivity contribution is 7.16. The lowest BCUT2D eigenvalue weighted by atomic mass is 10.1. The van der Waals surface area contributed by atoms with Crippen molar-refractivity contribution >= 4 is 29.0 Å². The molecule has 1 N–H and O–H groups in total. The smallest absolute Gasteiger partial charge is 0.317 e. The van der Waals surface area contributed by atoms with Gasteiger partial charge in [0.2, 0.25) is 0 Å². The van der Waals surface area contributed by atoms with Crippen LogP contribution in [0.4, 0.5) is 4.79 Å². The second kappa shape index (κ2) is 6.96. The maximum atomic E-state index is 12.2. The predicted octanol–water partition coefficient (Wildman–Crippen LogP) is 4.61. The number of nitrogens with zero attached hydrogens (tertiary/aromatic N) is 1. The van der Waals surface area contributed by atoms with E-state index in [-0.39, 0.29) is 12.1 Å². The highest BCUT2D eigenvalue weighted by atomic mass is 35.5. The number of nitrogens with one attached hydrogen (secondary N) is 1. The summed E-state index contributed by atoms with van der Waals surface area (Å²) in [5.41, 5.74) is 2.31. The molecule has 0 aliphatic rings. The Bertz CT molecular complexity index is 609. The van der Waals surface area contributed by atoms with Crippen molar-refractivity contribution in [3.05, 3.63) is 56.7 Å². The first-order chi connectivity index (χ1) is 9.95. The summed E-state index contributed by atoms with van der Waals surface area (Å²) in [6.45, 7) is 4.59. The van der Waals surface area contributed by atoms with Crippen LogP contribution in [0.3, 0.4) is 0 Å². The highest BCUT2D eigenvalue weighted by Gasteiger charge is 2.14. The minimum atomic E-state index is -0.0902. The van der Waals surface area contributed by atoms with Crippen molar-refractivity contribution in [2.24, 2.45) is 0 Å². The monoisotopic (exact) mass is 322 g/mol. The summed E-state index contributed by atoms with van der Waals surface area (Å²) in [6, 6.07) is 11.9. The third-order valence-corrected chi connectivity index (χ3v) is 4.50. The Labute approximate surface area is 134 Å². The van der Waals surface area contributed by atoms with Gasteiger partial charge in [-0.05, 0) is 31.5 Å². The van der Waals surface area contributed by atoms with Crippen molar-refractivity contribution in [3.8, 4) is 0 Å². The van der Waals surface area contributed by atoms with Gasteiger partial charge in [-0.25, -0.2) is 4.79 Å². The van der Waals surface area contributed by atoms with Crippen molar-refractivity contribution < 1.29 is 4.79 Å². The average Bonchev–Trinajstić information content (AvgIpc) is 2.84. The molecule has 0 bridgehead atoms. The summed E-state index contributed by atoms with van der Waals surface area (Å²) in [4.78, 5) is 14.9. The molecule has 21 heavy (non-hydrogen) atoms. The third-order valence-electron chi connectivity index (χ3n) is 3.29. The molecule has 0 fully saturated rings. The van der Waals surface area contributed by atoms with Crippen LogP contribution in [0.1, 0.15) is 29.0 Å². The summed E-state index contributed by atoms with van der Waals surface area (Å²) < 4.78 is 0.742. The number of urea groups is 1. The topological polar surface area (TPSA) is 32.3 Å². The lowest BCUT2D eigenvalue weighted by molar-refractivity contribution is 0.204. The van der Waals surface area contributed by atoms with Crippen molar-refractivity contribution in [1.82, 2.24) is 10.2 Å². The van der Waals surface area contributed by atoms with Crippen LogP contribution in [0.2, 0.25) is 4.34 Å². The van der Waals surface area contributed by atoms with Crippen LogP contribution < -0.4 is 5.32 Å². The third kappa shape index (κ3) is 4.48. The summed E-state index contributed by atoms with van der Waals surface area (Å²) in [5.74, 6) is 0. The van der Waals surface area contributed by atoms with Crippen LogP contribution in [-0.4, -0.2) is 18.0 Å². The van der Waals surface area contributed by atoms with E-state index in [0.717, 1.165) is 14.8 Å². The van der Waals surface area contributed by atoms with Crippen LogP contribution in [0.15, 0.2) is 36.4 Å². The number of aryl methyl sites for hydroxylation is 1. The van der Waals surface area contributed by atoms with Gasteiger partial charge in [0.25, 0.3) is 0 Å². The molecule has 1 atom stereocenters. The van der Waals surface area contributed by atoms with E-state index >= 15 is 0 Å². The summed E-state index contributed by atoms with van der Waals surface area (Å²) in [7, 11) is 1.78. The van der Waals surface area contributed by atoms with Crippen molar-refractivity contribution in [1.29, 1.82) is 0 Å². The van der Waals surface area contributed by atoms with Gasteiger partial charge in [-0.1, -0.05) is 41.4 Å². The number of thiophene rings is 1. The van der Waals surface area contributed by atoms with Gasteiger partial charge in [0.05, 0.1) is 16.9 Å². The molecule has 0 aliphatic carbocycles. The summed E-state index contributed by atoms with van der Waals surface area (Å²) >= 11 is 7.39. The van der Waals surface area contributed by atoms with Crippen molar-refractivity contribution in [2.75, 3.05) is 7.05 Å². The largest absolute Gasteiger partial charge is 0.331 e. The number of benzene rings is 1. The maximum absolute atomic E-state index is 12.2. The summed E-state index contributed by atoms with van der Waals surface area (Å²) in [5, 5.41) is 3.00. The normalized spacial score (nSPS) is 12.0. The van der Waals surface area contributed by atoms with E-state index < -0.39 is 0 Å². The maximum Gasteiger partial charge on any atom is 0.317 e. The molecule has 0 radical (unpaired) electrons. The minimum Gasteiger partial charge on any atom is -0.331 e. The number of carbonyl (C=O) groups excluding carboxylic acids is 1. The van der Waals surface area contributed by atoms with Crippen LogP contribution >= 0.6 is 22.9 Å². The summed E-state index contributed by atoms with van der Waals surface area (Å²) in [6.07, 6.45) is 0. The first-order valence-electron chi connectivity index (χ1n) is 6.78. The number of carbonyl (C=O) groups is 1. The fourth-order valence-corrected chi connectivity index (χ4v) is 3.12. The van der Waals surface area contributed by atoms with E-state index in [0.29, 0.717) is 6.54 Å². The average molecular weight is 323 g/mol. The van der Waals surface area contributed by atoms with Gasteiger partial charge >= 0.3 is 6.03 Å². The molecule has 0 spiro atoms. The molecule has 0 saturated carbocycles. The van der Waals surface area contributed by atoms with Crippen LogP contribution in [0.5, 0.6) is 0 Å². The molecule has 1 heterocycles. The van der Waals surface area contributed by atoms with E-state index in [1.807, 2.05) is 38.1 Å². The molecule has 5 heteroatoms. The molecular formula is C16H19ClN2OS. The fourth-order valence-electron chi connectivity index (χ4n) is 1.98. The number of amides is 2. The van der Waals surface area contributed by atoms with Gasteiger partial charge in [0.1, 0.15) is 0 Å². The Morgan fingerprint density at radius 2 is 1.95 bits per heavy atom. The molecule has 112 valence electrons. The number of hydrogen-bond donors (Lipinski definition) is 1. The van der Waals surface area contributed by atoms with Crippen LogP contribution in [-0.2, 0) is 6.54 Å². The molecule has 0 saturated heterocycles. The van der Waals surface area contributed by atoms with Crippen LogP contribution in [0, 0.1) is 6.92 Å². The zero-order valence-corrected chi connectivity index (χ0v) is 14.0. The Morgan fingerprint density at radius 3 is 2.52 bits per heavy atom. The molecule has 1 aromatic carbocycles. The standard InChI is InChI=1S/C16H19ClN2OS/c1-11-4-6-13(7-5-11)12(2)18-16(20)19(3)10-14-8-9-15(17)21-14/h4-9,12H,10H2,1-3H3,(H,18,20). The van der Waals surface area contributed by atoms with Crippen LogP contribution in [0.25, 0.3) is 0 Å². The Kier molecular flexibility index (Phi) is 5.26. The predicted molar refractivity (Wildman–Crippen MR) is 88.9 cm³/mol. The molecule has 2 aromatic rings. The highest BCUT2D eigenvalue weighted by Crippen LogP contribution is 2.22. The zero-order valence-electron chi connectivity index (χ0n) is 12.4. The van der Waals surface area contributed by atoms with E-state index in [9.17, 15) is 4.79 Å². The first kappa shape index (κ1) is 15.9. The van der Waals surface area contributed by atoms with Gasteiger partial charge in [-0.15, -0.1) is 11.3 Å². The number of halogens is 1. The number of rotatable bonds is 4. The van der Waals surface area contributed by atoms with Gasteiger partial charge in [-0.2, -0.15) is 0 Å². The van der Waals surface area contributed by atoms with Gasteiger partial charge in [0.15, 0.2) is 0 Å². The SMILES string of the molecule is Cc1ccc(C(C)NC(=O)N(C)Cc2ccc(Cl)s2)cc1. The van der Waals surface area contributed by atoms with Crippen molar-refractivity contribution in [3.63, 3.8) is 0 Å². The molecule has 2 amide bonds. The van der Waals surface area contributed by atoms with Gasteiger partial charge in [-0.3, -0.25) is 0 Å². The van der Waals surface area contributed by atoms with E-state index in [1.54, 1.807) is 11.9 Å². The van der Waals surface area contributed by atoms with Gasteiger partial charge in [0, 0.05) is 11.9 Å². The second-order valence-electron chi connectivity index (χ2n) is 5.14. The van der Waals surface area contributed by atoms with Gasteiger partial charge < -0.3 is 10.2 Å².